The lowest BCUT2D eigenvalue weighted by Crippen LogP contribution is -2.27. The number of amides is 1. The Balaban J connectivity index is 1.52. The molecular weight excluding hydrogens is 314 g/mol. The first kappa shape index (κ1) is 16.6. The Morgan fingerprint density at radius 3 is 2.36 bits per heavy atom. The normalized spacial score (nSPS) is 10.4. The topological polar surface area (TPSA) is 64.0 Å². The predicted octanol–water partition coefficient (Wildman–Crippen LogP) is 2.73. The fourth-order valence-electron chi connectivity index (χ4n) is 2.53. The van der Waals surface area contributed by atoms with Gasteiger partial charge in [0.15, 0.2) is 0 Å². The van der Waals surface area contributed by atoms with Crippen molar-refractivity contribution in [2.24, 2.45) is 0 Å². The van der Waals surface area contributed by atoms with Gasteiger partial charge in [-0.2, -0.15) is 5.10 Å². The van der Waals surface area contributed by atoms with E-state index in [1.807, 2.05) is 54.6 Å². The van der Waals surface area contributed by atoms with Gasteiger partial charge in [-0.3, -0.25) is 9.59 Å². The van der Waals surface area contributed by atoms with Crippen LogP contribution in [0.3, 0.4) is 0 Å². The molecule has 0 radical (unpaired) electrons. The van der Waals surface area contributed by atoms with Gasteiger partial charge in [0.25, 0.3) is 11.5 Å². The molecule has 5 heteroatoms. The molecule has 1 aromatic heterocycles. The van der Waals surface area contributed by atoms with E-state index in [4.69, 9.17) is 0 Å². The quantitative estimate of drug-likeness (QED) is 0.706. The zero-order valence-electron chi connectivity index (χ0n) is 13.8. The molecule has 0 saturated heterocycles. The van der Waals surface area contributed by atoms with Gasteiger partial charge in [-0.25, -0.2) is 4.68 Å². The maximum Gasteiger partial charge on any atom is 0.266 e. The maximum absolute atomic E-state index is 12.2. The summed E-state index contributed by atoms with van der Waals surface area (Å²) in [5, 5.41) is 6.85. The van der Waals surface area contributed by atoms with Crippen LogP contribution in [0.15, 0.2) is 77.7 Å². The first-order valence-electron chi connectivity index (χ1n) is 8.20. The summed E-state index contributed by atoms with van der Waals surface area (Å²) in [4.78, 5) is 23.7. The lowest BCUT2D eigenvalue weighted by molar-refractivity contribution is 0.0952. The Hall–Kier alpha value is -3.21. The third kappa shape index (κ3) is 4.41. The number of carbonyl (C=O) groups is 1. The van der Waals surface area contributed by atoms with Crippen LogP contribution in [0.4, 0.5) is 0 Å². The van der Waals surface area contributed by atoms with Crippen LogP contribution in [0.5, 0.6) is 0 Å². The number of carbonyl (C=O) groups excluding carboxylic acids is 1. The third-order valence-corrected chi connectivity index (χ3v) is 3.87. The molecule has 0 bridgehead atoms. The summed E-state index contributed by atoms with van der Waals surface area (Å²) in [6.45, 7) is 0.967. The maximum atomic E-state index is 12.2. The number of nitrogens with one attached hydrogen (secondary N) is 1. The standard InChI is InChI=1S/C20H19N3O2/c24-19-8-4-14-22-23(19)15-5-13-21-20(25)18-11-9-17(10-12-18)16-6-2-1-3-7-16/h1-4,6-12,14H,5,13,15H2,(H,21,25). The van der Waals surface area contributed by atoms with Crippen LogP contribution in [-0.4, -0.2) is 22.2 Å². The van der Waals surface area contributed by atoms with E-state index in [0.717, 1.165) is 11.1 Å². The van der Waals surface area contributed by atoms with Crippen molar-refractivity contribution in [1.29, 1.82) is 0 Å². The van der Waals surface area contributed by atoms with E-state index in [1.54, 1.807) is 12.3 Å². The lowest BCUT2D eigenvalue weighted by atomic mass is 10.0. The zero-order valence-corrected chi connectivity index (χ0v) is 13.8. The monoisotopic (exact) mass is 333 g/mol. The van der Waals surface area contributed by atoms with Crippen LogP contribution in [0.2, 0.25) is 0 Å². The van der Waals surface area contributed by atoms with Gasteiger partial charge in [0.1, 0.15) is 0 Å². The van der Waals surface area contributed by atoms with Gasteiger partial charge in [-0.1, -0.05) is 42.5 Å². The summed E-state index contributed by atoms with van der Waals surface area (Å²) in [6.07, 6.45) is 2.22. The van der Waals surface area contributed by atoms with Crippen LogP contribution in [-0.2, 0) is 6.54 Å². The van der Waals surface area contributed by atoms with E-state index in [1.165, 1.54) is 10.7 Å². The van der Waals surface area contributed by atoms with Crippen molar-refractivity contribution in [2.45, 2.75) is 13.0 Å². The number of hydrogen-bond acceptors (Lipinski definition) is 3. The highest BCUT2D eigenvalue weighted by Crippen LogP contribution is 2.19. The van der Waals surface area contributed by atoms with E-state index in [-0.39, 0.29) is 11.5 Å². The van der Waals surface area contributed by atoms with E-state index < -0.39 is 0 Å². The van der Waals surface area contributed by atoms with Crippen LogP contribution < -0.4 is 10.9 Å². The number of aromatic nitrogens is 2. The summed E-state index contributed by atoms with van der Waals surface area (Å²) in [6, 6.07) is 20.6. The van der Waals surface area contributed by atoms with Gasteiger partial charge in [0.05, 0.1) is 0 Å². The molecule has 0 aliphatic carbocycles. The van der Waals surface area contributed by atoms with Crippen molar-refractivity contribution in [2.75, 3.05) is 6.54 Å². The fourth-order valence-corrected chi connectivity index (χ4v) is 2.53. The van der Waals surface area contributed by atoms with Crippen LogP contribution in [0, 0.1) is 0 Å². The molecule has 5 nitrogen and oxygen atoms in total. The van der Waals surface area contributed by atoms with Crippen molar-refractivity contribution in [3.05, 3.63) is 88.8 Å². The van der Waals surface area contributed by atoms with Crippen molar-refractivity contribution >= 4 is 5.91 Å². The van der Waals surface area contributed by atoms with Gasteiger partial charge in [0, 0.05) is 30.9 Å². The number of benzene rings is 2. The lowest BCUT2D eigenvalue weighted by Gasteiger charge is -2.07. The molecular formula is C20H19N3O2. The number of rotatable bonds is 6. The van der Waals surface area contributed by atoms with Gasteiger partial charge in [0.2, 0.25) is 0 Å². The predicted molar refractivity (Wildman–Crippen MR) is 97.3 cm³/mol. The molecule has 25 heavy (non-hydrogen) atoms. The highest BCUT2D eigenvalue weighted by molar-refractivity contribution is 5.94. The Morgan fingerprint density at radius 2 is 1.64 bits per heavy atom. The molecule has 0 atom stereocenters. The second kappa shape index (κ2) is 8.06. The molecule has 0 unspecified atom stereocenters. The molecule has 0 aliphatic rings. The van der Waals surface area contributed by atoms with Crippen molar-refractivity contribution in [1.82, 2.24) is 15.1 Å². The molecule has 126 valence electrons. The third-order valence-electron chi connectivity index (χ3n) is 3.87. The molecule has 1 N–H and O–H groups in total. The Kier molecular flexibility index (Phi) is 5.36. The molecule has 0 fully saturated rings. The average molecular weight is 333 g/mol. The molecule has 1 amide bonds. The van der Waals surface area contributed by atoms with Gasteiger partial charge < -0.3 is 5.32 Å². The number of aryl methyl sites for hydroxylation is 1. The van der Waals surface area contributed by atoms with Crippen LogP contribution in [0.1, 0.15) is 16.8 Å². The highest BCUT2D eigenvalue weighted by atomic mass is 16.1. The highest BCUT2D eigenvalue weighted by Gasteiger charge is 2.05. The average Bonchev–Trinajstić information content (AvgIpc) is 2.67. The summed E-state index contributed by atoms with van der Waals surface area (Å²) in [7, 11) is 0. The molecule has 0 aliphatic heterocycles. The SMILES string of the molecule is O=C(NCCCn1ncccc1=O)c1ccc(-c2ccccc2)cc1. The molecule has 3 aromatic rings. The summed E-state index contributed by atoms with van der Waals surface area (Å²) in [5.74, 6) is -0.118. The van der Waals surface area contributed by atoms with Gasteiger partial charge in [-0.15, -0.1) is 0 Å². The van der Waals surface area contributed by atoms with E-state index in [2.05, 4.69) is 10.4 Å². The first-order valence-corrected chi connectivity index (χ1v) is 8.20. The van der Waals surface area contributed by atoms with E-state index in [0.29, 0.717) is 25.1 Å². The fraction of sp³-hybridized carbons (Fsp3) is 0.150. The van der Waals surface area contributed by atoms with Crippen LogP contribution in [0.25, 0.3) is 11.1 Å². The minimum absolute atomic E-state index is 0.118. The first-order chi connectivity index (χ1) is 12.2. The number of nitrogens with zero attached hydrogens (tertiary/aromatic N) is 2. The Bertz CT molecular complexity index is 887. The number of hydrogen-bond donors (Lipinski definition) is 1. The molecule has 2 aromatic carbocycles. The molecule has 3 rings (SSSR count). The minimum atomic E-state index is -0.134. The second-order valence-electron chi connectivity index (χ2n) is 5.64. The largest absolute Gasteiger partial charge is 0.352 e. The smallest absolute Gasteiger partial charge is 0.266 e. The van der Waals surface area contributed by atoms with Gasteiger partial charge >= 0.3 is 0 Å². The molecule has 0 saturated carbocycles. The molecule has 0 spiro atoms. The van der Waals surface area contributed by atoms with Crippen molar-refractivity contribution < 1.29 is 4.79 Å². The Morgan fingerprint density at radius 1 is 0.920 bits per heavy atom. The van der Waals surface area contributed by atoms with Crippen LogP contribution >= 0.6 is 0 Å². The van der Waals surface area contributed by atoms with Crippen molar-refractivity contribution in [3.8, 4) is 11.1 Å². The van der Waals surface area contributed by atoms with Crippen molar-refractivity contribution in [3.63, 3.8) is 0 Å². The molecule has 1 heterocycles. The second-order valence-corrected chi connectivity index (χ2v) is 5.64. The zero-order chi connectivity index (χ0) is 17.5. The van der Waals surface area contributed by atoms with E-state index >= 15 is 0 Å². The summed E-state index contributed by atoms with van der Waals surface area (Å²) >= 11 is 0. The minimum Gasteiger partial charge on any atom is -0.352 e. The van der Waals surface area contributed by atoms with Gasteiger partial charge in [-0.05, 0) is 35.7 Å². The summed E-state index contributed by atoms with van der Waals surface area (Å²) in [5.41, 5.74) is 2.68. The Labute approximate surface area is 145 Å². The summed E-state index contributed by atoms with van der Waals surface area (Å²) < 4.78 is 1.39. The van der Waals surface area contributed by atoms with E-state index in [9.17, 15) is 9.59 Å².